The number of benzene rings is 6. The third-order valence-corrected chi connectivity index (χ3v) is 9.76. The van der Waals surface area contributed by atoms with Crippen LogP contribution < -0.4 is 18.9 Å². The van der Waals surface area contributed by atoms with E-state index in [2.05, 4.69) is 36.4 Å². The Morgan fingerprint density at radius 1 is 0.583 bits per heavy atom. The minimum absolute atomic E-state index is 0.0644. The normalized spacial score (nSPS) is 11.2. The maximum absolute atomic E-state index is 11.8. The van der Waals surface area contributed by atoms with Gasteiger partial charge in [-0.2, -0.15) is 0 Å². The van der Waals surface area contributed by atoms with Crippen molar-refractivity contribution in [2.24, 2.45) is 0 Å². The molecular weight excluding hydrogens is 757 g/mol. The smallest absolute Gasteiger partial charge is 0.306 e. The van der Waals surface area contributed by atoms with Crippen LogP contribution in [0.2, 0.25) is 0 Å². The van der Waals surface area contributed by atoms with Gasteiger partial charge in [0.15, 0.2) is 0 Å². The maximum Gasteiger partial charge on any atom is 0.306 e. The van der Waals surface area contributed by atoms with Gasteiger partial charge in [0.2, 0.25) is 0 Å². The zero-order chi connectivity index (χ0) is 42.9. The minimum Gasteiger partial charge on any atom is -0.497 e. The van der Waals surface area contributed by atoms with E-state index in [1.165, 1.54) is 0 Å². The highest BCUT2D eigenvalue weighted by molar-refractivity contribution is 5.77. The first kappa shape index (κ1) is 44.5. The Balaban J connectivity index is 0.00000166. The van der Waals surface area contributed by atoms with Gasteiger partial charge in [0, 0.05) is 11.1 Å². The van der Waals surface area contributed by atoms with E-state index in [0.29, 0.717) is 25.6 Å². The van der Waals surface area contributed by atoms with Crippen LogP contribution in [-0.4, -0.2) is 31.3 Å². The van der Waals surface area contributed by atoms with Crippen molar-refractivity contribution >= 4 is 11.9 Å². The molecule has 312 valence electrons. The van der Waals surface area contributed by atoms with E-state index >= 15 is 0 Å². The van der Waals surface area contributed by atoms with Gasteiger partial charge in [0.25, 0.3) is 0 Å². The lowest BCUT2D eigenvalue weighted by molar-refractivity contribution is -0.148. The van der Waals surface area contributed by atoms with Crippen LogP contribution in [0.25, 0.3) is 11.1 Å². The van der Waals surface area contributed by atoms with Crippen molar-refractivity contribution in [1.29, 1.82) is 0 Å². The Bertz CT molecular complexity index is 2240. The van der Waals surface area contributed by atoms with Gasteiger partial charge in [-0.05, 0) is 87.5 Å². The molecule has 60 heavy (non-hydrogen) atoms. The molecule has 6 aromatic carbocycles. The van der Waals surface area contributed by atoms with Gasteiger partial charge in [-0.1, -0.05) is 119 Å². The fourth-order valence-corrected chi connectivity index (χ4v) is 6.88. The van der Waals surface area contributed by atoms with Gasteiger partial charge in [-0.25, -0.2) is 0 Å². The number of ether oxygens (including phenoxy) is 6. The molecule has 6 aromatic rings. The Kier molecular flexibility index (Phi) is 16.3. The van der Waals surface area contributed by atoms with E-state index in [1.54, 1.807) is 14.2 Å². The highest BCUT2D eigenvalue weighted by Crippen LogP contribution is 2.44. The highest BCUT2D eigenvalue weighted by Gasteiger charge is 2.38. The largest absolute Gasteiger partial charge is 0.497 e. The standard InChI is InChI=1S/C47H42O9.2C2H6/c1-51-39-16-12-37(13-17-39)47(36-9-4-3-5-10-36,38-14-18-40(52-2)19-15-38)56-30-34-11-21-43-42-22-20-41(27-35(42)31-54-44(43)26-34)53-28-32-7-6-8-33(25-32)29-55-46(50)24-23-45(48)49;2*1-2/h3-22,25-27H,23-24,28-31H2,1-2H3,(H,48,49);2*1-2H3. The van der Waals surface area contributed by atoms with Gasteiger partial charge in [-0.3, -0.25) is 9.59 Å². The molecule has 0 amide bonds. The van der Waals surface area contributed by atoms with E-state index in [-0.39, 0.29) is 19.4 Å². The average molecular weight is 811 g/mol. The van der Waals surface area contributed by atoms with Crippen LogP contribution in [0.15, 0.2) is 140 Å². The minimum atomic E-state index is -1.03. The monoisotopic (exact) mass is 810 g/mol. The molecule has 9 heteroatoms. The van der Waals surface area contributed by atoms with Crippen LogP contribution in [-0.2, 0) is 51.1 Å². The summed E-state index contributed by atoms with van der Waals surface area (Å²) in [5, 5.41) is 8.77. The lowest BCUT2D eigenvalue weighted by Gasteiger charge is -2.36. The summed E-state index contributed by atoms with van der Waals surface area (Å²) in [6, 6.07) is 46.0. The average Bonchev–Trinajstić information content (AvgIpc) is 3.31. The molecule has 1 aliphatic heterocycles. The quantitative estimate of drug-likeness (QED) is 0.0754. The summed E-state index contributed by atoms with van der Waals surface area (Å²) in [7, 11) is 3.32. The van der Waals surface area contributed by atoms with Crippen molar-refractivity contribution < 1.29 is 43.1 Å². The molecular formula is C51H54O9. The Morgan fingerprint density at radius 3 is 1.77 bits per heavy atom. The zero-order valence-electron chi connectivity index (χ0n) is 35.2. The summed E-state index contributed by atoms with van der Waals surface area (Å²) in [6.45, 7) is 9.07. The molecule has 0 saturated heterocycles. The number of hydrogen-bond acceptors (Lipinski definition) is 8. The molecule has 0 saturated carbocycles. The molecule has 0 fully saturated rings. The lowest BCUT2D eigenvalue weighted by atomic mass is 9.80. The number of hydrogen-bond donors (Lipinski definition) is 1. The van der Waals surface area contributed by atoms with Crippen LogP contribution >= 0.6 is 0 Å². The van der Waals surface area contributed by atoms with Gasteiger partial charge in [-0.15, -0.1) is 0 Å². The van der Waals surface area contributed by atoms with Crippen molar-refractivity contribution in [3.8, 4) is 34.1 Å². The van der Waals surface area contributed by atoms with Gasteiger partial charge in [0.1, 0.15) is 48.4 Å². The molecule has 0 aromatic heterocycles. The topological polar surface area (TPSA) is 110 Å². The number of esters is 1. The molecule has 1 heterocycles. The molecule has 1 N–H and O–H groups in total. The molecule has 7 rings (SSSR count). The van der Waals surface area contributed by atoms with Crippen molar-refractivity contribution in [1.82, 2.24) is 0 Å². The number of carboxylic acids is 1. The summed E-state index contributed by atoms with van der Waals surface area (Å²) in [6.07, 6.45) is -0.416. The van der Waals surface area contributed by atoms with Crippen LogP contribution in [0.1, 0.15) is 79.5 Å². The van der Waals surface area contributed by atoms with E-state index in [9.17, 15) is 9.59 Å². The summed E-state index contributed by atoms with van der Waals surface area (Å²) in [5.41, 5.74) is 7.71. The molecule has 0 spiro atoms. The number of fused-ring (bicyclic) bond motifs is 3. The summed E-state index contributed by atoms with van der Waals surface area (Å²) in [4.78, 5) is 22.6. The van der Waals surface area contributed by atoms with Gasteiger partial charge in [0.05, 0.1) is 33.7 Å². The van der Waals surface area contributed by atoms with Crippen LogP contribution in [0.4, 0.5) is 0 Å². The molecule has 9 nitrogen and oxygen atoms in total. The molecule has 0 radical (unpaired) electrons. The first-order valence-corrected chi connectivity index (χ1v) is 20.3. The van der Waals surface area contributed by atoms with Gasteiger partial charge >= 0.3 is 11.9 Å². The zero-order valence-corrected chi connectivity index (χ0v) is 35.2. The second-order valence-corrected chi connectivity index (χ2v) is 13.4. The van der Waals surface area contributed by atoms with Crippen LogP contribution in [0, 0.1) is 0 Å². The molecule has 0 bridgehead atoms. The fourth-order valence-electron chi connectivity index (χ4n) is 6.88. The molecule has 0 unspecified atom stereocenters. The molecule has 0 atom stereocenters. The van der Waals surface area contributed by atoms with E-state index in [0.717, 1.165) is 67.3 Å². The number of carboxylic acid groups (broad SMARTS) is 1. The predicted molar refractivity (Wildman–Crippen MR) is 233 cm³/mol. The second kappa shape index (κ2) is 22.0. The summed E-state index contributed by atoms with van der Waals surface area (Å²) >= 11 is 0. The van der Waals surface area contributed by atoms with E-state index in [4.69, 9.17) is 33.5 Å². The highest BCUT2D eigenvalue weighted by atomic mass is 16.5. The van der Waals surface area contributed by atoms with Crippen LogP contribution in [0.5, 0.6) is 23.0 Å². The number of methoxy groups -OCH3 is 2. The third-order valence-electron chi connectivity index (χ3n) is 9.76. The summed E-state index contributed by atoms with van der Waals surface area (Å²) < 4.78 is 35.8. The first-order chi connectivity index (χ1) is 29.3. The van der Waals surface area contributed by atoms with Crippen molar-refractivity contribution in [3.63, 3.8) is 0 Å². The number of carbonyl (C=O) groups is 2. The van der Waals surface area contributed by atoms with Crippen molar-refractivity contribution in [2.45, 2.75) is 72.6 Å². The van der Waals surface area contributed by atoms with Crippen molar-refractivity contribution in [3.05, 3.63) is 178 Å². The third kappa shape index (κ3) is 10.9. The van der Waals surface area contributed by atoms with E-state index in [1.807, 2.05) is 131 Å². The number of rotatable bonds is 16. The Morgan fingerprint density at radius 2 is 1.15 bits per heavy atom. The SMILES string of the molecule is CC.CC.COc1ccc(C(OCc2ccc3c(c2)OCc2cc(OCc4cccc(COC(=O)CCC(=O)O)c4)ccc2-3)(c2ccccc2)c2ccc(OC)cc2)cc1. The van der Waals surface area contributed by atoms with Gasteiger partial charge < -0.3 is 33.5 Å². The van der Waals surface area contributed by atoms with E-state index < -0.39 is 17.5 Å². The Labute approximate surface area is 353 Å². The fraction of sp³-hybridized carbons (Fsp3) is 0.255. The first-order valence-electron chi connectivity index (χ1n) is 20.3. The number of carbonyl (C=O) groups excluding carboxylic acids is 1. The Hall–Kier alpha value is -6.58. The van der Waals surface area contributed by atoms with Crippen LogP contribution in [0.3, 0.4) is 0 Å². The molecule has 1 aliphatic rings. The second-order valence-electron chi connectivity index (χ2n) is 13.4. The number of aliphatic carboxylic acids is 1. The predicted octanol–water partition coefficient (Wildman–Crippen LogP) is 11.3. The lowest BCUT2D eigenvalue weighted by Crippen LogP contribution is -2.32. The molecule has 0 aliphatic carbocycles. The maximum atomic E-state index is 11.8. The van der Waals surface area contributed by atoms with Crippen molar-refractivity contribution in [2.75, 3.05) is 14.2 Å². The summed E-state index contributed by atoms with van der Waals surface area (Å²) in [5.74, 6) is 1.43.